The normalized spacial score (nSPS) is 29.5. The van der Waals surface area contributed by atoms with Gasteiger partial charge in [0.15, 0.2) is 11.5 Å². The van der Waals surface area contributed by atoms with Crippen LogP contribution in [0, 0.1) is 0 Å². The number of anilines is 1. The molecule has 1 aromatic rings. The van der Waals surface area contributed by atoms with Gasteiger partial charge < -0.3 is 19.5 Å². The van der Waals surface area contributed by atoms with Crippen molar-refractivity contribution in [3.05, 3.63) is 29.8 Å². The quantitative estimate of drug-likeness (QED) is 0.774. The van der Waals surface area contributed by atoms with Gasteiger partial charge in [0.05, 0.1) is 24.3 Å². The molecular formula is C18H18F3NO4. The lowest BCUT2D eigenvalue weighted by atomic mass is 9.69. The highest BCUT2D eigenvalue weighted by Gasteiger charge is 2.55. The predicted octanol–water partition coefficient (Wildman–Crippen LogP) is 2.70. The molecule has 1 spiro atoms. The van der Waals surface area contributed by atoms with E-state index in [4.69, 9.17) is 9.47 Å². The van der Waals surface area contributed by atoms with Gasteiger partial charge in [0, 0.05) is 18.5 Å². The Morgan fingerprint density at radius 2 is 2.19 bits per heavy atom. The smallest absolute Gasteiger partial charge is 0.471 e. The Balaban J connectivity index is 1.93. The van der Waals surface area contributed by atoms with Crippen molar-refractivity contribution in [3.63, 3.8) is 0 Å². The fourth-order valence-corrected chi connectivity index (χ4v) is 4.33. The Morgan fingerprint density at radius 1 is 1.42 bits per heavy atom. The molecule has 1 aliphatic carbocycles. The number of halogens is 3. The number of carbonyl (C=O) groups is 1. The summed E-state index contributed by atoms with van der Waals surface area (Å²) in [7, 11) is 1.45. The van der Waals surface area contributed by atoms with Crippen molar-refractivity contribution in [3.8, 4) is 11.5 Å². The molecule has 3 atom stereocenters. The van der Waals surface area contributed by atoms with Gasteiger partial charge in [-0.25, -0.2) is 0 Å². The van der Waals surface area contributed by atoms with Crippen molar-refractivity contribution >= 4 is 11.6 Å². The molecular weight excluding hydrogens is 351 g/mol. The molecule has 2 heterocycles. The molecule has 0 radical (unpaired) electrons. The molecule has 2 aliphatic heterocycles. The second kappa shape index (κ2) is 5.64. The highest BCUT2D eigenvalue weighted by atomic mass is 19.4. The SMILES string of the molecule is COc1ccc2c3c1O[C@H]1C[C@@H](O)C=C[C@@]31CCCN2C(=O)C(F)(F)F. The Kier molecular flexibility index (Phi) is 3.73. The number of nitrogens with zero attached hydrogens (tertiary/aromatic N) is 1. The van der Waals surface area contributed by atoms with Crippen LogP contribution in [0.4, 0.5) is 18.9 Å². The highest BCUT2D eigenvalue weighted by molar-refractivity contribution is 5.99. The molecule has 0 aromatic heterocycles. The molecule has 0 unspecified atom stereocenters. The standard InChI is InChI=1S/C18H18F3NO4/c1-25-12-4-3-11-14-15(12)26-13-9-10(23)5-7-17(13,14)6-2-8-22(11)16(24)18(19,20)21/h3-5,7,10,13,23H,2,6,8-9H2,1H3/t10-,13-,17+/m0/s1. The van der Waals surface area contributed by atoms with Crippen LogP contribution in [0.15, 0.2) is 24.3 Å². The lowest BCUT2D eigenvalue weighted by Gasteiger charge is -2.35. The zero-order valence-corrected chi connectivity index (χ0v) is 14.0. The maximum Gasteiger partial charge on any atom is 0.471 e. The van der Waals surface area contributed by atoms with Crippen LogP contribution in [0.2, 0.25) is 0 Å². The zero-order chi connectivity index (χ0) is 18.7. The summed E-state index contributed by atoms with van der Waals surface area (Å²) in [6.07, 6.45) is -1.32. The molecule has 0 fully saturated rings. The zero-order valence-electron chi connectivity index (χ0n) is 14.0. The van der Waals surface area contributed by atoms with E-state index in [1.807, 2.05) is 6.08 Å². The minimum absolute atomic E-state index is 0.0258. The minimum Gasteiger partial charge on any atom is -0.493 e. The maximum absolute atomic E-state index is 13.1. The van der Waals surface area contributed by atoms with E-state index in [2.05, 4.69) is 0 Å². The van der Waals surface area contributed by atoms with Crippen LogP contribution < -0.4 is 14.4 Å². The largest absolute Gasteiger partial charge is 0.493 e. The average molecular weight is 369 g/mol. The molecule has 3 aliphatic rings. The van der Waals surface area contributed by atoms with Crippen molar-refractivity contribution in [2.24, 2.45) is 0 Å². The molecule has 26 heavy (non-hydrogen) atoms. The first-order valence-corrected chi connectivity index (χ1v) is 8.42. The van der Waals surface area contributed by atoms with Crippen LogP contribution in [0.5, 0.6) is 11.5 Å². The van der Waals surface area contributed by atoms with Gasteiger partial charge in [-0.05, 0) is 25.0 Å². The van der Waals surface area contributed by atoms with Crippen molar-refractivity contribution < 1.29 is 32.5 Å². The summed E-state index contributed by atoms with van der Waals surface area (Å²) >= 11 is 0. The topological polar surface area (TPSA) is 59.0 Å². The summed E-state index contributed by atoms with van der Waals surface area (Å²) in [4.78, 5) is 12.8. The third-order valence-corrected chi connectivity index (χ3v) is 5.44. The minimum atomic E-state index is -4.96. The van der Waals surface area contributed by atoms with Gasteiger partial charge in [-0.1, -0.05) is 12.2 Å². The number of hydrogen-bond donors (Lipinski definition) is 1. The predicted molar refractivity (Wildman–Crippen MR) is 86.5 cm³/mol. The van der Waals surface area contributed by atoms with E-state index in [1.54, 1.807) is 6.08 Å². The first-order chi connectivity index (χ1) is 12.3. The van der Waals surface area contributed by atoms with Gasteiger partial charge in [-0.15, -0.1) is 0 Å². The Labute approximate surface area is 148 Å². The van der Waals surface area contributed by atoms with Crippen LogP contribution in [0.25, 0.3) is 0 Å². The molecule has 0 saturated heterocycles. The van der Waals surface area contributed by atoms with Gasteiger partial charge in [-0.2, -0.15) is 13.2 Å². The summed E-state index contributed by atoms with van der Waals surface area (Å²) in [6, 6.07) is 3.00. The molecule has 0 saturated carbocycles. The molecule has 0 bridgehead atoms. The van der Waals surface area contributed by atoms with E-state index in [-0.39, 0.29) is 12.2 Å². The third-order valence-electron chi connectivity index (χ3n) is 5.44. The number of alkyl halides is 3. The molecule has 1 amide bonds. The number of ether oxygens (including phenoxy) is 2. The second-order valence-electron chi connectivity index (χ2n) is 6.86. The summed E-state index contributed by atoms with van der Waals surface area (Å²) in [5.41, 5.74) is 0.0725. The maximum atomic E-state index is 13.1. The lowest BCUT2D eigenvalue weighted by molar-refractivity contribution is -0.170. The van der Waals surface area contributed by atoms with Gasteiger partial charge in [0.25, 0.3) is 0 Å². The summed E-state index contributed by atoms with van der Waals surface area (Å²) in [5.74, 6) is -1.12. The van der Waals surface area contributed by atoms with Gasteiger partial charge in [-0.3, -0.25) is 4.79 Å². The summed E-state index contributed by atoms with van der Waals surface area (Å²) < 4.78 is 50.7. The number of amides is 1. The van der Waals surface area contributed by atoms with Crippen LogP contribution in [-0.2, 0) is 10.2 Å². The first kappa shape index (κ1) is 17.2. The number of aliphatic hydroxyl groups excluding tert-OH is 1. The van der Waals surface area contributed by atoms with Crippen molar-refractivity contribution in [2.75, 3.05) is 18.6 Å². The first-order valence-electron chi connectivity index (χ1n) is 8.42. The Bertz CT molecular complexity index is 791. The average Bonchev–Trinajstić information content (AvgIpc) is 2.81. The summed E-state index contributed by atoms with van der Waals surface area (Å²) in [5, 5.41) is 9.96. The van der Waals surface area contributed by atoms with Gasteiger partial charge >= 0.3 is 12.1 Å². The Morgan fingerprint density at radius 3 is 2.88 bits per heavy atom. The Hall–Kier alpha value is -2.22. The van der Waals surface area contributed by atoms with Gasteiger partial charge in [0.1, 0.15) is 6.10 Å². The summed E-state index contributed by atoms with van der Waals surface area (Å²) in [6.45, 7) is -0.0258. The molecule has 1 N–H and O–H groups in total. The molecule has 4 rings (SSSR count). The van der Waals surface area contributed by atoms with Crippen LogP contribution in [0.3, 0.4) is 0 Å². The van der Waals surface area contributed by atoms with Crippen LogP contribution >= 0.6 is 0 Å². The van der Waals surface area contributed by atoms with Crippen LogP contribution in [-0.4, -0.2) is 43.1 Å². The van der Waals surface area contributed by atoms with E-state index < -0.39 is 29.7 Å². The lowest BCUT2D eigenvalue weighted by Crippen LogP contribution is -2.42. The van der Waals surface area contributed by atoms with E-state index in [0.29, 0.717) is 36.3 Å². The molecule has 140 valence electrons. The molecule has 5 nitrogen and oxygen atoms in total. The third kappa shape index (κ3) is 2.31. The van der Waals surface area contributed by atoms with Crippen LogP contribution in [0.1, 0.15) is 24.8 Å². The molecule has 8 heteroatoms. The van der Waals surface area contributed by atoms with E-state index in [9.17, 15) is 23.1 Å². The van der Waals surface area contributed by atoms with E-state index in [0.717, 1.165) is 4.90 Å². The number of hydrogen-bond acceptors (Lipinski definition) is 4. The highest BCUT2D eigenvalue weighted by Crippen LogP contribution is 2.58. The fourth-order valence-electron chi connectivity index (χ4n) is 4.33. The van der Waals surface area contributed by atoms with Crippen molar-refractivity contribution in [2.45, 2.75) is 43.1 Å². The number of rotatable bonds is 1. The van der Waals surface area contributed by atoms with E-state index in [1.165, 1.54) is 19.2 Å². The monoisotopic (exact) mass is 369 g/mol. The van der Waals surface area contributed by atoms with Gasteiger partial charge in [0.2, 0.25) is 0 Å². The number of aliphatic hydroxyl groups is 1. The van der Waals surface area contributed by atoms with Crippen molar-refractivity contribution in [1.29, 1.82) is 0 Å². The second-order valence-corrected chi connectivity index (χ2v) is 6.86. The molecule has 1 aromatic carbocycles. The fraction of sp³-hybridized carbons (Fsp3) is 0.500. The number of carbonyl (C=O) groups excluding carboxylic acids is 1. The van der Waals surface area contributed by atoms with E-state index >= 15 is 0 Å². The number of benzene rings is 1. The van der Waals surface area contributed by atoms with Crippen molar-refractivity contribution in [1.82, 2.24) is 0 Å². The number of methoxy groups -OCH3 is 1.